The number of imidazole rings is 1. The topological polar surface area (TPSA) is 87.8 Å². The van der Waals surface area contributed by atoms with Crippen LogP contribution in [0.25, 0.3) is 27.5 Å². The molecule has 0 atom stereocenters. The Labute approximate surface area is 229 Å². The summed E-state index contributed by atoms with van der Waals surface area (Å²) >= 11 is 1.16. The van der Waals surface area contributed by atoms with Crippen LogP contribution < -0.4 is 0 Å². The van der Waals surface area contributed by atoms with Gasteiger partial charge in [-0.25, -0.2) is 22.7 Å². The predicted octanol–water partition coefficient (Wildman–Crippen LogP) is 5.65. The minimum absolute atomic E-state index is 0.145. The quantitative estimate of drug-likeness (QED) is 0.320. The Kier molecular flexibility index (Phi) is 7.34. The van der Waals surface area contributed by atoms with Gasteiger partial charge in [0.15, 0.2) is 0 Å². The molecule has 0 spiro atoms. The van der Waals surface area contributed by atoms with Crippen LogP contribution in [0, 0.1) is 6.92 Å². The fraction of sp³-hybridized carbons (Fsp3) is 0.407. The lowest BCUT2D eigenvalue weighted by Crippen LogP contribution is -2.37. The van der Waals surface area contributed by atoms with E-state index >= 15 is 0 Å². The highest BCUT2D eigenvalue weighted by Gasteiger charge is 2.33. The van der Waals surface area contributed by atoms with Gasteiger partial charge in [-0.15, -0.1) is 11.3 Å². The lowest BCUT2D eigenvalue weighted by molar-refractivity contribution is -0.137. The molecule has 12 heteroatoms. The molecule has 208 valence electrons. The number of halogens is 3. The summed E-state index contributed by atoms with van der Waals surface area (Å²) < 4.78 is 68.9. The zero-order chi connectivity index (χ0) is 28.1. The minimum Gasteiger partial charge on any atom is -0.391 e. The van der Waals surface area contributed by atoms with Crippen LogP contribution in [-0.4, -0.2) is 51.5 Å². The number of piperidine rings is 1. The second-order valence-electron chi connectivity index (χ2n) is 9.89. The van der Waals surface area contributed by atoms with Gasteiger partial charge in [0.2, 0.25) is 10.0 Å². The van der Waals surface area contributed by atoms with Gasteiger partial charge in [-0.2, -0.15) is 13.2 Å². The number of aromatic nitrogens is 3. The molecule has 7 nitrogen and oxygen atoms in total. The molecule has 1 fully saturated rings. The molecule has 0 unspecified atom stereocenters. The van der Waals surface area contributed by atoms with Crippen molar-refractivity contribution in [3.8, 4) is 21.8 Å². The summed E-state index contributed by atoms with van der Waals surface area (Å²) in [6, 6.07) is 6.20. The first kappa shape index (κ1) is 27.8. The van der Waals surface area contributed by atoms with Crippen LogP contribution in [0.2, 0.25) is 0 Å². The summed E-state index contributed by atoms with van der Waals surface area (Å²) in [4.78, 5) is 9.71. The SMILES string of the molecule is CCc1nc2ccc(C3CCN(S(C)(=O)=O)CC3)cn2c1-c1c(C)cc(C(F)(F)F)cc1-c1ncc(CO)s1. The molecule has 0 bridgehead atoms. The highest BCUT2D eigenvalue weighted by molar-refractivity contribution is 7.88. The maximum atomic E-state index is 13.9. The number of thiazole rings is 1. The van der Waals surface area contributed by atoms with Crippen LogP contribution in [0.3, 0.4) is 0 Å². The van der Waals surface area contributed by atoms with Crippen molar-refractivity contribution in [3.05, 3.63) is 63.9 Å². The molecule has 0 radical (unpaired) electrons. The van der Waals surface area contributed by atoms with E-state index in [-0.39, 0.29) is 12.5 Å². The second-order valence-corrected chi connectivity index (χ2v) is 13.0. The molecule has 4 aromatic rings. The Morgan fingerprint density at radius 3 is 2.49 bits per heavy atom. The molecule has 4 heterocycles. The van der Waals surface area contributed by atoms with E-state index in [2.05, 4.69) is 4.98 Å². The fourth-order valence-electron chi connectivity index (χ4n) is 5.32. The van der Waals surface area contributed by atoms with E-state index < -0.39 is 21.8 Å². The van der Waals surface area contributed by atoms with Crippen LogP contribution in [-0.2, 0) is 29.2 Å². The maximum absolute atomic E-state index is 13.9. The summed E-state index contributed by atoms with van der Waals surface area (Å²) in [5.74, 6) is 0.145. The Hall–Kier alpha value is -2.80. The molecule has 1 aliphatic rings. The average Bonchev–Trinajstić information content (AvgIpc) is 3.51. The molecule has 5 rings (SSSR count). The standard InChI is InChI=1S/C27H29F3N4O3S2/c1-4-22-25(24-16(2)11-19(27(28,29)30)12-21(24)26-31-13-20(15-35)38-26)34-14-18(5-6-23(34)32-22)17-7-9-33(10-8-17)39(3,36)37/h5-6,11-14,17,35H,4,7-10,15H2,1-3H3. The molecular formula is C27H29F3N4O3S2. The predicted molar refractivity (Wildman–Crippen MR) is 145 cm³/mol. The summed E-state index contributed by atoms with van der Waals surface area (Å²) in [5.41, 5.74) is 3.82. The van der Waals surface area contributed by atoms with E-state index in [0.717, 1.165) is 34.7 Å². The molecule has 39 heavy (non-hydrogen) atoms. The lowest BCUT2D eigenvalue weighted by Gasteiger charge is -2.30. The van der Waals surface area contributed by atoms with E-state index in [1.165, 1.54) is 16.8 Å². The van der Waals surface area contributed by atoms with E-state index in [0.29, 0.717) is 70.3 Å². The summed E-state index contributed by atoms with van der Waals surface area (Å²) in [7, 11) is -3.24. The van der Waals surface area contributed by atoms with E-state index in [1.54, 1.807) is 6.92 Å². The zero-order valence-electron chi connectivity index (χ0n) is 21.8. The number of benzene rings is 1. The molecule has 3 aromatic heterocycles. The smallest absolute Gasteiger partial charge is 0.391 e. The summed E-state index contributed by atoms with van der Waals surface area (Å²) in [6.45, 7) is 4.26. The first-order valence-electron chi connectivity index (χ1n) is 12.6. The number of fused-ring (bicyclic) bond motifs is 1. The molecule has 1 aromatic carbocycles. The molecular weight excluding hydrogens is 549 g/mol. The van der Waals surface area contributed by atoms with Gasteiger partial charge >= 0.3 is 6.18 Å². The molecule has 0 saturated carbocycles. The van der Waals surface area contributed by atoms with Gasteiger partial charge < -0.3 is 5.11 Å². The van der Waals surface area contributed by atoms with Crippen molar-refractivity contribution in [2.24, 2.45) is 0 Å². The number of rotatable bonds is 6. The number of alkyl halides is 3. The Balaban J connectivity index is 1.68. The van der Waals surface area contributed by atoms with Crippen LogP contribution in [0.15, 0.2) is 36.7 Å². The van der Waals surface area contributed by atoms with Gasteiger partial charge in [-0.3, -0.25) is 4.40 Å². The van der Waals surface area contributed by atoms with Crippen molar-refractivity contribution >= 4 is 27.0 Å². The first-order valence-corrected chi connectivity index (χ1v) is 15.3. The molecule has 1 saturated heterocycles. The second kappa shape index (κ2) is 10.3. The molecule has 0 amide bonds. The van der Waals surface area contributed by atoms with E-state index in [9.17, 15) is 26.7 Å². The number of pyridine rings is 1. The third-order valence-corrected chi connectivity index (χ3v) is 9.60. The van der Waals surface area contributed by atoms with Crippen molar-refractivity contribution < 1.29 is 26.7 Å². The number of aliphatic hydroxyl groups excluding tert-OH is 1. The summed E-state index contributed by atoms with van der Waals surface area (Å²) in [6.07, 6.45) is 2.08. The van der Waals surface area contributed by atoms with Crippen molar-refractivity contribution in [2.75, 3.05) is 19.3 Å². The first-order chi connectivity index (χ1) is 18.4. The van der Waals surface area contributed by atoms with Gasteiger partial charge in [0.25, 0.3) is 0 Å². The van der Waals surface area contributed by atoms with Gasteiger partial charge in [-0.05, 0) is 61.4 Å². The largest absolute Gasteiger partial charge is 0.416 e. The van der Waals surface area contributed by atoms with Crippen LogP contribution in [0.5, 0.6) is 0 Å². The van der Waals surface area contributed by atoms with Crippen LogP contribution in [0.1, 0.15) is 52.9 Å². The fourth-order valence-corrected chi connectivity index (χ4v) is 6.99. The maximum Gasteiger partial charge on any atom is 0.416 e. The highest BCUT2D eigenvalue weighted by atomic mass is 32.2. The average molecular weight is 579 g/mol. The van der Waals surface area contributed by atoms with Crippen LogP contribution >= 0.6 is 11.3 Å². The van der Waals surface area contributed by atoms with Crippen molar-refractivity contribution in [3.63, 3.8) is 0 Å². The van der Waals surface area contributed by atoms with Gasteiger partial charge in [0.1, 0.15) is 10.7 Å². The Morgan fingerprint density at radius 2 is 1.90 bits per heavy atom. The Bertz CT molecular complexity index is 1640. The van der Waals surface area contributed by atoms with Gasteiger partial charge in [0.05, 0.1) is 34.7 Å². The number of hydrogen-bond donors (Lipinski definition) is 1. The highest BCUT2D eigenvalue weighted by Crippen LogP contribution is 2.43. The van der Waals surface area contributed by atoms with Gasteiger partial charge in [0, 0.05) is 36.6 Å². The minimum atomic E-state index is -4.53. The summed E-state index contributed by atoms with van der Waals surface area (Å²) in [5, 5.41) is 9.96. The third-order valence-electron chi connectivity index (χ3n) is 7.28. The number of aliphatic hydroxyl groups is 1. The monoisotopic (exact) mass is 578 g/mol. The molecule has 1 aliphatic heterocycles. The number of nitrogens with zero attached hydrogens (tertiary/aromatic N) is 4. The van der Waals surface area contributed by atoms with E-state index in [1.807, 2.05) is 29.7 Å². The number of aryl methyl sites for hydroxylation is 2. The van der Waals surface area contributed by atoms with Crippen LogP contribution in [0.4, 0.5) is 13.2 Å². The normalized spacial score (nSPS) is 15.9. The zero-order valence-corrected chi connectivity index (χ0v) is 23.4. The molecule has 0 aliphatic carbocycles. The number of hydrogen-bond acceptors (Lipinski definition) is 6. The van der Waals surface area contributed by atoms with Crippen molar-refractivity contribution in [2.45, 2.75) is 51.8 Å². The lowest BCUT2D eigenvalue weighted by atomic mass is 9.91. The van der Waals surface area contributed by atoms with Crippen molar-refractivity contribution in [1.82, 2.24) is 18.7 Å². The van der Waals surface area contributed by atoms with Crippen molar-refractivity contribution in [1.29, 1.82) is 0 Å². The van der Waals surface area contributed by atoms with E-state index in [4.69, 9.17) is 4.98 Å². The Morgan fingerprint density at radius 1 is 1.18 bits per heavy atom. The number of sulfonamides is 1. The molecule has 1 N–H and O–H groups in total. The third kappa shape index (κ3) is 5.34. The van der Waals surface area contributed by atoms with Gasteiger partial charge in [-0.1, -0.05) is 13.0 Å².